The van der Waals surface area contributed by atoms with E-state index < -0.39 is 26.8 Å². The van der Waals surface area contributed by atoms with Gasteiger partial charge in [0.2, 0.25) is 10.0 Å². The first-order chi connectivity index (χ1) is 13.2. The van der Waals surface area contributed by atoms with E-state index in [9.17, 15) is 18.3 Å². The lowest BCUT2D eigenvalue weighted by Gasteiger charge is -2.42. The number of carboxylic acid groups (broad SMARTS) is 1. The average molecular weight is 422 g/mol. The van der Waals surface area contributed by atoms with Crippen LogP contribution in [0.2, 0.25) is 0 Å². The van der Waals surface area contributed by atoms with Gasteiger partial charge in [0.1, 0.15) is 11.8 Å². The molecule has 0 saturated carbocycles. The molecule has 8 heteroatoms. The Hall–Kier alpha value is -2.03. The van der Waals surface area contributed by atoms with Gasteiger partial charge in [0.25, 0.3) is 0 Å². The van der Waals surface area contributed by atoms with Crippen molar-refractivity contribution in [3.8, 4) is 16.9 Å². The molecular weight excluding hydrogens is 398 g/mol. The topological polar surface area (TPSA) is 83.9 Å². The van der Waals surface area contributed by atoms with Crippen LogP contribution in [0.1, 0.15) is 13.8 Å². The predicted octanol–water partition coefficient (Wildman–Crippen LogP) is 3.33. The van der Waals surface area contributed by atoms with Crippen molar-refractivity contribution >= 4 is 27.8 Å². The number of nitrogens with zero attached hydrogens (tertiary/aromatic N) is 1. The third-order valence-corrected chi connectivity index (χ3v) is 8.08. The average Bonchev–Trinajstić information content (AvgIpc) is 2.66. The standard InChI is InChI=1S/C20H23NO5S2/c1-20(2)18(19(22)23)21(12-13-27-20)28(24,25)15-10-8-14(9-11-15)16-6-4-5-7-17(16)26-3/h4-11,18H,12-13H2,1-3H3,(H,22,23)/t18-/m0/s1. The van der Waals surface area contributed by atoms with Crippen molar-refractivity contribution in [1.82, 2.24) is 4.31 Å². The van der Waals surface area contributed by atoms with Crippen LogP contribution in [0, 0.1) is 0 Å². The molecule has 1 atom stereocenters. The fourth-order valence-corrected chi connectivity index (χ4v) is 6.55. The molecule has 0 amide bonds. The van der Waals surface area contributed by atoms with Crippen LogP contribution < -0.4 is 4.74 Å². The molecule has 150 valence electrons. The number of methoxy groups -OCH3 is 1. The second kappa shape index (κ2) is 7.77. The molecule has 3 rings (SSSR count). The maximum atomic E-state index is 13.2. The van der Waals surface area contributed by atoms with E-state index in [1.54, 1.807) is 33.1 Å². The molecular formula is C20H23NO5S2. The van der Waals surface area contributed by atoms with Crippen LogP contribution >= 0.6 is 11.8 Å². The summed E-state index contributed by atoms with van der Waals surface area (Å²) in [5.41, 5.74) is 1.67. The van der Waals surface area contributed by atoms with Crippen molar-refractivity contribution in [2.75, 3.05) is 19.4 Å². The SMILES string of the molecule is COc1ccccc1-c1ccc(S(=O)(=O)N2CCSC(C)(C)[C@@H]2C(=O)O)cc1. The summed E-state index contributed by atoms with van der Waals surface area (Å²) in [5, 5.41) is 9.67. The third-order valence-electron chi connectivity index (χ3n) is 4.85. The minimum atomic E-state index is -3.93. The highest BCUT2D eigenvalue weighted by Crippen LogP contribution is 2.38. The minimum absolute atomic E-state index is 0.0834. The summed E-state index contributed by atoms with van der Waals surface area (Å²) in [4.78, 5) is 11.9. The first-order valence-electron chi connectivity index (χ1n) is 8.80. The molecule has 0 aromatic heterocycles. The highest BCUT2D eigenvalue weighted by atomic mass is 32.2. The molecule has 0 aliphatic carbocycles. The minimum Gasteiger partial charge on any atom is -0.496 e. The zero-order valence-corrected chi connectivity index (χ0v) is 17.6. The molecule has 2 aromatic rings. The molecule has 28 heavy (non-hydrogen) atoms. The fourth-order valence-electron chi connectivity index (χ4n) is 3.46. The summed E-state index contributed by atoms with van der Waals surface area (Å²) < 4.78 is 32.1. The second-order valence-electron chi connectivity index (χ2n) is 7.03. The number of thioether (sulfide) groups is 1. The Morgan fingerprint density at radius 1 is 1.18 bits per heavy atom. The van der Waals surface area contributed by atoms with Gasteiger partial charge in [-0.2, -0.15) is 16.1 Å². The van der Waals surface area contributed by atoms with Crippen LogP contribution in [-0.2, 0) is 14.8 Å². The van der Waals surface area contributed by atoms with Gasteiger partial charge in [0, 0.05) is 22.6 Å². The van der Waals surface area contributed by atoms with E-state index in [-0.39, 0.29) is 11.4 Å². The molecule has 1 heterocycles. The monoisotopic (exact) mass is 421 g/mol. The lowest BCUT2D eigenvalue weighted by molar-refractivity contribution is -0.142. The van der Waals surface area contributed by atoms with Gasteiger partial charge in [-0.15, -0.1) is 0 Å². The molecule has 2 aromatic carbocycles. The Morgan fingerprint density at radius 3 is 2.43 bits per heavy atom. The summed E-state index contributed by atoms with van der Waals surface area (Å²) in [5.74, 6) is 0.111. The van der Waals surface area contributed by atoms with E-state index >= 15 is 0 Å². The molecule has 0 radical (unpaired) electrons. The highest BCUT2D eigenvalue weighted by molar-refractivity contribution is 8.00. The maximum absolute atomic E-state index is 13.2. The Kier molecular flexibility index (Phi) is 5.74. The van der Waals surface area contributed by atoms with Crippen molar-refractivity contribution in [3.05, 3.63) is 48.5 Å². The van der Waals surface area contributed by atoms with E-state index in [4.69, 9.17) is 4.74 Å². The third kappa shape index (κ3) is 3.76. The number of hydrogen-bond donors (Lipinski definition) is 1. The summed E-state index contributed by atoms with van der Waals surface area (Å²) in [7, 11) is -2.35. The molecule has 1 aliphatic heterocycles. The van der Waals surface area contributed by atoms with Gasteiger partial charge in [0.15, 0.2) is 0 Å². The van der Waals surface area contributed by atoms with Crippen LogP contribution in [0.4, 0.5) is 0 Å². The van der Waals surface area contributed by atoms with Crippen LogP contribution in [0.5, 0.6) is 5.75 Å². The zero-order chi connectivity index (χ0) is 20.5. The number of ether oxygens (including phenoxy) is 1. The molecule has 1 N–H and O–H groups in total. The van der Waals surface area contributed by atoms with Gasteiger partial charge >= 0.3 is 5.97 Å². The van der Waals surface area contributed by atoms with Crippen LogP contribution in [-0.4, -0.2) is 54.0 Å². The van der Waals surface area contributed by atoms with Crippen LogP contribution in [0.3, 0.4) is 0 Å². The van der Waals surface area contributed by atoms with E-state index in [1.165, 1.54) is 23.9 Å². The van der Waals surface area contributed by atoms with E-state index in [0.717, 1.165) is 15.4 Å². The molecule has 0 unspecified atom stereocenters. The quantitative estimate of drug-likeness (QED) is 0.797. The molecule has 6 nitrogen and oxygen atoms in total. The number of para-hydroxylation sites is 1. The Balaban J connectivity index is 1.97. The first-order valence-corrected chi connectivity index (χ1v) is 11.2. The maximum Gasteiger partial charge on any atom is 0.323 e. The molecule has 0 spiro atoms. The second-order valence-corrected chi connectivity index (χ2v) is 10.7. The normalized spacial score (nSPS) is 19.9. The lowest BCUT2D eigenvalue weighted by Crippen LogP contribution is -2.58. The number of rotatable bonds is 5. The Morgan fingerprint density at radius 2 is 1.82 bits per heavy atom. The number of benzene rings is 2. The van der Waals surface area contributed by atoms with Crippen LogP contribution in [0.25, 0.3) is 11.1 Å². The smallest absolute Gasteiger partial charge is 0.323 e. The summed E-state index contributed by atoms with van der Waals surface area (Å²) in [6.07, 6.45) is 0. The van der Waals surface area contributed by atoms with E-state index in [1.807, 2.05) is 24.3 Å². The Bertz CT molecular complexity index is 970. The van der Waals surface area contributed by atoms with Crippen LogP contribution in [0.15, 0.2) is 53.4 Å². The zero-order valence-electron chi connectivity index (χ0n) is 16.0. The number of sulfonamides is 1. The summed E-state index contributed by atoms with van der Waals surface area (Å²) in [6, 6.07) is 12.8. The molecule has 1 aliphatic rings. The number of aliphatic carboxylic acids is 1. The van der Waals surface area contributed by atoms with Gasteiger partial charge < -0.3 is 9.84 Å². The summed E-state index contributed by atoms with van der Waals surface area (Å²) >= 11 is 1.47. The van der Waals surface area contributed by atoms with Crippen molar-refractivity contribution in [2.24, 2.45) is 0 Å². The predicted molar refractivity (Wildman–Crippen MR) is 110 cm³/mol. The van der Waals surface area contributed by atoms with E-state index in [0.29, 0.717) is 11.5 Å². The van der Waals surface area contributed by atoms with Gasteiger partial charge in [0.05, 0.1) is 12.0 Å². The van der Waals surface area contributed by atoms with Gasteiger partial charge in [-0.25, -0.2) is 8.42 Å². The van der Waals surface area contributed by atoms with Crippen molar-refractivity contribution in [2.45, 2.75) is 29.5 Å². The molecule has 0 bridgehead atoms. The largest absolute Gasteiger partial charge is 0.496 e. The Labute approximate surface area is 169 Å². The van der Waals surface area contributed by atoms with Gasteiger partial charge in [-0.3, -0.25) is 4.79 Å². The van der Waals surface area contributed by atoms with Gasteiger partial charge in [-0.1, -0.05) is 30.3 Å². The lowest BCUT2D eigenvalue weighted by atomic mass is 10.0. The number of carboxylic acids is 1. The van der Waals surface area contributed by atoms with Crippen molar-refractivity contribution < 1.29 is 23.1 Å². The van der Waals surface area contributed by atoms with Crippen molar-refractivity contribution in [1.29, 1.82) is 0 Å². The molecule has 1 fully saturated rings. The number of carbonyl (C=O) groups is 1. The first kappa shape index (κ1) is 20.7. The number of hydrogen-bond acceptors (Lipinski definition) is 5. The molecule has 1 saturated heterocycles. The van der Waals surface area contributed by atoms with E-state index in [2.05, 4.69) is 0 Å². The van der Waals surface area contributed by atoms with Crippen molar-refractivity contribution in [3.63, 3.8) is 0 Å². The highest BCUT2D eigenvalue weighted by Gasteiger charge is 2.48. The van der Waals surface area contributed by atoms with Gasteiger partial charge in [-0.05, 0) is 37.6 Å². The summed E-state index contributed by atoms with van der Waals surface area (Å²) in [6.45, 7) is 3.70. The fraction of sp³-hybridized carbons (Fsp3) is 0.350.